The van der Waals surface area contributed by atoms with E-state index in [1.54, 1.807) is 36.4 Å². The van der Waals surface area contributed by atoms with Crippen LogP contribution < -0.4 is 10.6 Å². The van der Waals surface area contributed by atoms with Crippen LogP contribution in [0.1, 0.15) is 30.6 Å². The van der Waals surface area contributed by atoms with Gasteiger partial charge in [0.2, 0.25) is 5.91 Å². The van der Waals surface area contributed by atoms with Gasteiger partial charge in [-0.25, -0.2) is 0 Å². The van der Waals surface area contributed by atoms with E-state index >= 15 is 0 Å². The second-order valence-electron chi connectivity index (χ2n) is 5.68. The fraction of sp³-hybridized carbons (Fsp3) is 0.222. The highest BCUT2D eigenvalue weighted by Gasteiger charge is 2.07. The molecule has 0 heterocycles. The van der Waals surface area contributed by atoms with Crippen LogP contribution in [0.15, 0.2) is 48.5 Å². The standard InChI is InChI=1S/C18H19IN2O2/c1-12(2)11-17(22)20-15-7-9-16(10-8-15)21-18(23)13-3-5-14(19)6-4-13/h3-10,12H,11H2,1-2H3,(H,20,22)(H,21,23). The van der Waals surface area contributed by atoms with Crippen LogP contribution in [0.25, 0.3) is 0 Å². The number of amides is 2. The van der Waals surface area contributed by atoms with Gasteiger partial charge in [0.1, 0.15) is 0 Å². The average molecular weight is 422 g/mol. The predicted molar refractivity (Wildman–Crippen MR) is 102 cm³/mol. The molecule has 0 radical (unpaired) electrons. The van der Waals surface area contributed by atoms with E-state index in [1.165, 1.54) is 0 Å². The fourth-order valence-electron chi connectivity index (χ4n) is 2.02. The van der Waals surface area contributed by atoms with E-state index in [1.807, 2.05) is 26.0 Å². The van der Waals surface area contributed by atoms with Crippen LogP contribution in [-0.4, -0.2) is 11.8 Å². The van der Waals surface area contributed by atoms with Gasteiger partial charge in [-0.3, -0.25) is 9.59 Å². The summed E-state index contributed by atoms with van der Waals surface area (Å²) in [5.74, 6) is 0.163. The first-order valence-electron chi connectivity index (χ1n) is 7.41. The molecule has 4 nitrogen and oxygen atoms in total. The summed E-state index contributed by atoms with van der Waals surface area (Å²) in [5, 5.41) is 5.68. The molecule has 0 atom stereocenters. The van der Waals surface area contributed by atoms with Gasteiger partial charge in [0.05, 0.1) is 0 Å². The molecule has 0 fully saturated rings. The van der Waals surface area contributed by atoms with Crippen molar-refractivity contribution >= 4 is 45.8 Å². The van der Waals surface area contributed by atoms with Gasteiger partial charge >= 0.3 is 0 Å². The van der Waals surface area contributed by atoms with Crippen LogP contribution in [0.2, 0.25) is 0 Å². The van der Waals surface area contributed by atoms with Crippen LogP contribution in [0.5, 0.6) is 0 Å². The fourth-order valence-corrected chi connectivity index (χ4v) is 2.38. The number of nitrogens with one attached hydrogen (secondary N) is 2. The van der Waals surface area contributed by atoms with E-state index in [2.05, 4.69) is 33.2 Å². The van der Waals surface area contributed by atoms with Gasteiger partial charge in [-0.15, -0.1) is 0 Å². The van der Waals surface area contributed by atoms with Crippen LogP contribution in [0.3, 0.4) is 0 Å². The predicted octanol–water partition coefficient (Wildman–Crippen LogP) is 4.53. The number of rotatable bonds is 5. The summed E-state index contributed by atoms with van der Waals surface area (Å²) in [6.07, 6.45) is 0.491. The SMILES string of the molecule is CC(C)CC(=O)Nc1ccc(NC(=O)c2ccc(I)cc2)cc1. The Hall–Kier alpha value is -1.89. The maximum absolute atomic E-state index is 12.1. The molecular weight excluding hydrogens is 403 g/mol. The van der Waals surface area contributed by atoms with Crippen molar-refractivity contribution < 1.29 is 9.59 Å². The number of benzene rings is 2. The van der Waals surface area contributed by atoms with Crippen LogP contribution >= 0.6 is 22.6 Å². The largest absolute Gasteiger partial charge is 0.326 e. The zero-order chi connectivity index (χ0) is 16.8. The number of anilines is 2. The first-order chi connectivity index (χ1) is 10.9. The monoisotopic (exact) mass is 422 g/mol. The summed E-state index contributed by atoms with van der Waals surface area (Å²) in [7, 11) is 0. The van der Waals surface area contributed by atoms with Crippen molar-refractivity contribution in [1.82, 2.24) is 0 Å². The minimum Gasteiger partial charge on any atom is -0.326 e. The molecule has 0 saturated carbocycles. The number of hydrogen-bond donors (Lipinski definition) is 2. The van der Waals surface area contributed by atoms with Gasteiger partial charge in [-0.2, -0.15) is 0 Å². The van der Waals surface area contributed by atoms with E-state index in [0.717, 1.165) is 9.26 Å². The van der Waals surface area contributed by atoms with Gasteiger partial charge < -0.3 is 10.6 Å². The normalized spacial score (nSPS) is 10.4. The molecule has 2 aromatic rings. The number of halogens is 1. The molecule has 0 aromatic heterocycles. The lowest BCUT2D eigenvalue weighted by atomic mass is 10.1. The Morgan fingerprint density at radius 1 is 0.913 bits per heavy atom. The average Bonchev–Trinajstić information content (AvgIpc) is 2.49. The Kier molecular flexibility index (Phi) is 6.15. The topological polar surface area (TPSA) is 58.2 Å². The quantitative estimate of drug-likeness (QED) is 0.696. The van der Waals surface area contributed by atoms with Crippen molar-refractivity contribution in [3.63, 3.8) is 0 Å². The van der Waals surface area contributed by atoms with Gasteiger partial charge in [-0.05, 0) is 77.0 Å². The van der Waals surface area contributed by atoms with Crippen LogP contribution in [0, 0.1) is 9.49 Å². The molecule has 0 aliphatic heterocycles. The van der Waals surface area contributed by atoms with Crippen molar-refractivity contribution in [1.29, 1.82) is 0 Å². The molecule has 2 amide bonds. The maximum atomic E-state index is 12.1. The lowest BCUT2D eigenvalue weighted by molar-refractivity contribution is -0.116. The van der Waals surface area contributed by atoms with Crippen molar-refractivity contribution in [3.8, 4) is 0 Å². The van der Waals surface area contributed by atoms with Crippen LogP contribution in [0.4, 0.5) is 11.4 Å². The van der Waals surface area contributed by atoms with Crippen LogP contribution in [-0.2, 0) is 4.79 Å². The number of carbonyl (C=O) groups is 2. The van der Waals surface area contributed by atoms with Crippen molar-refractivity contribution in [2.45, 2.75) is 20.3 Å². The zero-order valence-corrected chi connectivity index (χ0v) is 15.3. The molecule has 5 heteroatoms. The van der Waals surface area contributed by atoms with Crippen molar-refractivity contribution in [3.05, 3.63) is 57.7 Å². The van der Waals surface area contributed by atoms with E-state index < -0.39 is 0 Å². The van der Waals surface area contributed by atoms with Gasteiger partial charge in [0.25, 0.3) is 5.91 Å². The number of carbonyl (C=O) groups excluding carboxylic acids is 2. The molecule has 0 aliphatic rings. The highest BCUT2D eigenvalue weighted by atomic mass is 127. The minimum atomic E-state index is -0.155. The highest BCUT2D eigenvalue weighted by Crippen LogP contribution is 2.16. The lowest BCUT2D eigenvalue weighted by Gasteiger charge is -2.09. The third-order valence-electron chi connectivity index (χ3n) is 3.13. The Morgan fingerprint density at radius 2 is 1.43 bits per heavy atom. The van der Waals surface area contributed by atoms with Gasteiger partial charge in [0.15, 0.2) is 0 Å². The molecule has 2 N–H and O–H groups in total. The molecule has 0 spiro atoms. The first-order valence-corrected chi connectivity index (χ1v) is 8.49. The van der Waals surface area contributed by atoms with Crippen molar-refractivity contribution in [2.75, 3.05) is 10.6 Å². The summed E-state index contributed by atoms with van der Waals surface area (Å²) >= 11 is 2.20. The Morgan fingerprint density at radius 3 is 1.96 bits per heavy atom. The summed E-state index contributed by atoms with van der Waals surface area (Å²) in [4.78, 5) is 23.8. The minimum absolute atomic E-state index is 0.00401. The Labute approximate surface area is 149 Å². The zero-order valence-electron chi connectivity index (χ0n) is 13.1. The lowest BCUT2D eigenvalue weighted by Crippen LogP contribution is -2.14. The summed E-state index contributed by atoms with van der Waals surface area (Å²) in [6, 6.07) is 14.5. The maximum Gasteiger partial charge on any atom is 0.255 e. The molecule has 2 aromatic carbocycles. The molecule has 0 bridgehead atoms. The van der Waals surface area contributed by atoms with E-state index in [-0.39, 0.29) is 11.8 Å². The number of hydrogen-bond acceptors (Lipinski definition) is 2. The summed E-state index contributed by atoms with van der Waals surface area (Å²) in [5.41, 5.74) is 2.03. The Balaban J connectivity index is 1.95. The van der Waals surface area contributed by atoms with Gasteiger partial charge in [-0.1, -0.05) is 13.8 Å². The molecule has 0 unspecified atom stereocenters. The molecule has 0 saturated heterocycles. The molecule has 120 valence electrons. The summed E-state index contributed by atoms with van der Waals surface area (Å²) < 4.78 is 1.08. The van der Waals surface area contributed by atoms with E-state index in [9.17, 15) is 9.59 Å². The van der Waals surface area contributed by atoms with E-state index in [4.69, 9.17) is 0 Å². The molecule has 0 aliphatic carbocycles. The summed E-state index contributed by atoms with van der Waals surface area (Å²) in [6.45, 7) is 4.01. The molecule has 23 heavy (non-hydrogen) atoms. The highest BCUT2D eigenvalue weighted by molar-refractivity contribution is 14.1. The Bertz CT molecular complexity index is 679. The first kappa shape index (κ1) is 17.5. The van der Waals surface area contributed by atoms with E-state index in [0.29, 0.717) is 23.6 Å². The third-order valence-corrected chi connectivity index (χ3v) is 3.85. The van der Waals surface area contributed by atoms with Gasteiger partial charge in [0, 0.05) is 26.9 Å². The second-order valence-corrected chi connectivity index (χ2v) is 6.93. The molecule has 2 rings (SSSR count). The smallest absolute Gasteiger partial charge is 0.255 e. The molecular formula is C18H19IN2O2. The third kappa shape index (κ3) is 5.67. The van der Waals surface area contributed by atoms with Crippen molar-refractivity contribution in [2.24, 2.45) is 5.92 Å². The second kappa shape index (κ2) is 8.10.